The molecule has 0 bridgehead atoms. The minimum absolute atomic E-state index is 0. The molecule has 0 aromatic rings. The van der Waals surface area contributed by atoms with Gasteiger partial charge in [-0.25, -0.2) is 0 Å². The Kier molecular flexibility index (Phi) is 5.86. The van der Waals surface area contributed by atoms with Crippen LogP contribution >= 0.6 is 0 Å². The number of allylic oxidation sites excluding steroid dienone is 4. The van der Waals surface area contributed by atoms with Gasteiger partial charge in [-0.3, -0.25) is 9.59 Å². The molecule has 0 aromatic heterocycles. The highest BCUT2D eigenvalue weighted by molar-refractivity contribution is 6.01. The normalized spacial score (nSPS) is 49.9. The summed E-state index contributed by atoms with van der Waals surface area (Å²) >= 11 is 0. The van der Waals surface area contributed by atoms with Crippen molar-refractivity contribution in [3.63, 3.8) is 0 Å². The first-order valence-corrected chi connectivity index (χ1v) is 12.3. The van der Waals surface area contributed by atoms with Crippen molar-refractivity contribution >= 4 is 11.6 Å². The summed E-state index contributed by atoms with van der Waals surface area (Å²) in [7, 11) is 0. The molecule has 5 rings (SSSR count). The van der Waals surface area contributed by atoms with Crippen LogP contribution in [0.3, 0.4) is 0 Å². The van der Waals surface area contributed by atoms with E-state index in [1.165, 1.54) is 0 Å². The third kappa shape index (κ3) is 2.92. The van der Waals surface area contributed by atoms with Crippen LogP contribution in [0.25, 0.3) is 0 Å². The Morgan fingerprint density at radius 1 is 1.24 bits per heavy atom. The number of ketones is 2. The molecule has 7 nitrogen and oxygen atoms in total. The first-order valence-electron chi connectivity index (χ1n) is 12.3. The van der Waals surface area contributed by atoms with Crippen LogP contribution in [-0.2, 0) is 19.1 Å². The third-order valence-corrected chi connectivity index (χ3v) is 9.85. The molecule has 0 spiro atoms. The second-order valence-electron chi connectivity index (χ2n) is 11.4. The van der Waals surface area contributed by atoms with Gasteiger partial charge >= 0.3 is 0 Å². The van der Waals surface area contributed by atoms with Gasteiger partial charge in [-0.1, -0.05) is 38.8 Å². The zero-order valence-electron chi connectivity index (χ0n) is 20.4. The van der Waals surface area contributed by atoms with E-state index in [0.717, 1.165) is 37.7 Å². The van der Waals surface area contributed by atoms with Crippen molar-refractivity contribution in [3.05, 3.63) is 23.8 Å². The Labute approximate surface area is 196 Å². The minimum atomic E-state index is -1.14. The van der Waals surface area contributed by atoms with Crippen molar-refractivity contribution < 1.29 is 24.2 Å². The van der Waals surface area contributed by atoms with Crippen LogP contribution in [0.2, 0.25) is 0 Å². The largest absolute Gasteiger partial charge is 0.393 e. The number of hydrogen-bond donors (Lipinski definition) is 3. The molecule has 3 saturated carbocycles. The number of carbonyl (C=O) groups excluding carboxylic acids is 2. The molecule has 9 unspecified atom stereocenters. The minimum Gasteiger partial charge on any atom is -0.393 e. The zero-order valence-corrected chi connectivity index (χ0v) is 20.4. The van der Waals surface area contributed by atoms with E-state index in [4.69, 9.17) is 15.2 Å². The van der Waals surface area contributed by atoms with Crippen LogP contribution in [0.1, 0.15) is 66.2 Å². The fraction of sp³-hybridized carbons (Fsp3) is 0.769. The molecule has 7 heteroatoms. The summed E-state index contributed by atoms with van der Waals surface area (Å²) in [5.74, 6) is 0.308. The first-order chi connectivity index (χ1) is 15.1. The monoisotopic (exact) mass is 460 g/mol. The van der Waals surface area contributed by atoms with E-state index < -0.39 is 29.0 Å². The van der Waals surface area contributed by atoms with E-state index in [9.17, 15) is 14.7 Å². The van der Waals surface area contributed by atoms with Crippen molar-refractivity contribution in [2.24, 2.45) is 34.3 Å². The Morgan fingerprint density at radius 3 is 2.64 bits per heavy atom. The highest BCUT2D eigenvalue weighted by atomic mass is 16.8. The topological polar surface area (TPSA) is 134 Å². The lowest BCUT2D eigenvalue weighted by atomic mass is 9.46. The van der Waals surface area contributed by atoms with Crippen LogP contribution in [0.15, 0.2) is 23.8 Å². The molecule has 9 atom stereocenters. The van der Waals surface area contributed by atoms with Gasteiger partial charge in [0.25, 0.3) is 0 Å². The first kappa shape index (κ1) is 24.7. The highest BCUT2D eigenvalue weighted by Crippen LogP contribution is 2.72. The molecule has 184 valence electrons. The Bertz CT molecular complexity index is 916. The van der Waals surface area contributed by atoms with Gasteiger partial charge in [-0.05, 0) is 63.0 Å². The number of aliphatic hydroxyl groups excluding tert-OH is 1. The standard InChI is InChI=1S/C26H37NO5.H3N/c1-5-6-21-31-25(4)12-18-17-8-7-15-11-16(28)9-10-23(15,2)22(17)19(29)13-24(18,3)26(25,32-21)20(30)14-27;/h9-11,17-19,21-22,29H,5-8,12-14,27H2,1-4H3;1H3. The lowest BCUT2D eigenvalue weighted by Crippen LogP contribution is -2.66. The second kappa shape index (κ2) is 7.82. The maximum Gasteiger partial charge on any atom is 0.181 e. The number of nitrogens with two attached hydrogens (primary N) is 1. The molecule has 0 amide bonds. The van der Waals surface area contributed by atoms with Crippen molar-refractivity contribution in [1.82, 2.24) is 6.15 Å². The van der Waals surface area contributed by atoms with Crippen LogP contribution < -0.4 is 11.9 Å². The van der Waals surface area contributed by atoms with Gasteiger partial charge in [-0.2, -0.15) is 0 Å². The molecule has 33 heavy (non-hydrogen) atoms. The summed E-state index contributed by atoms with van der Waals surface area (Å²) in [6, 6.07) is 0. The zero-order chi connectivity index (χ0) is 23.1. The van der Waals surface area contributed by atoms with E-state index >= 15 is 0 Å². The van der Waals surface area contributed by atoms with E-state index in [2.05, 4.69) is 20.8 Å². The summed E-state index contributed by atoms with van der Waals surface area (Å²) in [5, 5.41) is 11.6. The quantitative estimate of drug-likeness (QED) is 0.586. The highest BCUT2D eigenvalue weighted by Gasteiger charge is 2.79. The van der Waals surface area contributed by atoms with Crippen molar-refractivity contribution in [3.8, 4) is 0 Å². The fourth-order valence-corrected chi connectivity index (χ4v) is 8.70. The number of hydrogen-bond acceptors (Lipinski definition) is 7. The number of aliphatic hydroxyl groups is 1. The van der Waals surface area contributed by atoms with Gasteiger partial charge in [0.05, 0.1) is 12.6 Å². The van der Waals surface area contributed by atoms with Gasteiger partial charge in [0, 0.05) is 16.7 Å². The summed E-state index contributed by atoms with van der Waals surface area (Å²) in [4.78, 5) is 25.6. The average Bonchev–Trinajstić information content (AvgIpc) is 3.13. The van der Waals surface area contributed by atoms with E-state index in [1.807, 2.05) is 13.0 Å². The maximum atomic E-state index is 13.6. The smallest absolute Gasteiger partial charge is 0.181 e. The van der Waals surface area contributed by atoms with E-state index in [1.54, 1.807) is 12.2 Å². The summed E-state index contributed by atoms with van der Waals surface area (Å²) in [6.45, 7) is 8.29. The van der Waals surface area contributed by atoms with E-state index in [0.29, 0.717) is 6.42 Å². The molecule has 1 aliphatic heterocycles. The van der Waals surface area contributed by atoms with Gasteiger partial charge in [0.2, 0.25) is 0 Å². The summed E-state index contributed by atoms with van der Waals surface area (Å²) < 4.78 is 13.1. The lowest BCUT2D eigenvalue weighted by Gasteiger charge is -2.59. The predicted octanol–water partition coefficient (Wildman–Crippen LogP) is 3.24. The summed E-state index contributed by atoms with van der Waals surface area (Å²) in [5.41, 5.74) is 4.28. The molecule has 6 N–H and O–H groups in total. The lowest BCUT2D eigenvalue weighted by molar-refractivity contribution is -0.198. The third-order valence-electron chi connectivity index (χ3n) is 9.85. The number of rotatable bonds is 4. The van der Waals surface area contributed by atoms with Gasteiger partial charge < -0.3 is 26.5 Å². The Balaban J connectivity index is 0.00000259. The van der Waals surface area contributed by atoms with Crippen molar-refractivity contribution in [2.45, 2.75) is 89.8 Å². The SMILES string of the molecule is CCCC1OC2(C)CC3C4CCC5=CC(=O)C=CC5(C)C4C(O)CC3(C)C2(C(=O)CN)O1.N. The van der Waals surface area contributed by atoms with Crippen LogP contribution in [0.5, 0.6) is 0 Å². The van der Waals surface area contributed by atoms with Gasteiger partial charge in [0.15, 0.2) is 23.5 Å². The van der Waals surface area contributed by atoms with Crippen molar-refractivity contribution in [2.75, 3.05) is 6.54 Å². The molecule has 0 radical (unpaired) electrons. The molecule has 0 aromatic carbocycles. The molecule has 1 heterocycles. The maximum absolute atomic E-state index is 13.6. The molecule has 4 aliphatic carbocycles. The second-order valence-corrected chi connectivity index (χ2v) is 11.4. The fourth-order valence-electron chi connectivity index (χ4n) is 8.70. The average molecular weight is 461 g/mol. The van der Waals surface area contributed by atoms with Crippen LogP contribution in [0, 0.1) is 28.6 Å². The Hall–Kier alpha value is -1.38. The van der Waals surface area contributed by atoms with Crippen LogP contribution in [-0.4, -0.2) is 46.8 Å². The molecule has 4 fully saturated rings. The van der Waals surface area contributed by atoms with E-state index in [-0.39, 0.29) is 47.4 Å². The number of carbonyl (C=O) groups is 2. The number of Topliss-reactive ketones (excluding diaryl/α,β-unsaturated/α-hetero) is 1. The molecule has 5 aliphatic rings. The Morgan fingerprint density at radius 2 is 1.97 bits per heavy atom. The van der Waals surface area contributed by atoms with Gasteiger partial charge in [0.1, 0.15) is 5.60 Å². The molecule has 1 saturated heterocycles. The van der Waals surface area contributed by atoms with Gasteiger partial charge in [-0.15, -0.1) is 0 Å². The number of ether oxygens (including phenoxy) is 2. The molecular weight excluding hydrogens is 420 g/mol. The van der Waals surface area contributed by atoms with Crippen molar-refractivity contribution in [1.29, 1.82) is 0 Å². The summed E-state index contributed by atoms with van der Waals surface area (Å²) in [6.07, 6.45) is 8.96. The number of fused-ring (bicyclic) bond motifs is 7. The predicted molar refractivity (Wildman–Crippen MR) is 124 cm³/mol. The molecular formula is C26H40N2O5. The van der Waals surface area contributed by atoms with Crippen LogP contribution in [0.4, 0.5) is 0 Å².